The van der Waals surface area contributed by atoms with Gasteiger partial charge < -0.3 is 16.2 Å². The first kappa shape index (κ1) is 17.1. The van der Waals surface area contributed by atoms with Crippen LogP contribution in [0.1, 0.15) is 25.8 Å². The molecular formula is C15H21FN2O3. The summed E-state index contributed by atoms with van der Waals surface area (Å²) in [4.78, 5) is 23.2. The summed E-state index contributed by atoms with van der Waals surface area (Å²) in [5, 5.41) is 12.1. The van der Waals surface area contributed by atoms with Crippen molar-refractivity contribution in [3.05, 3.63) is 35.6 Å². The maximum atomic E-state index is 13.6. The fourth-order valence-corrected chi connectivity index (χ4v) is 1.93. The summed E-state index contributed by atoms with van der Waals surface area (Å²) in [6, 6.07) is 4.89. The first-order valence-electron chi connectivity index (χ1n) is 6.82. The molecule has 0 saturated heterocycles. The lowest BCUT2D eigenvalue weighted by Crippen LogP contribution is -2.49. The predicted octanol–water partition coefficient (Wildman–Crippen LogP) is 0.745. The van der Waals surface area contributed by atoms with E-state index in [-0.39, 0.29) is 24.3 Å². The Hall–Kier alpha value is -1.95. The average molecular weight is 296 g/mol. The zero-order chi connectivity index (χ0) is 16.0. The first-order chi connectivity index (χ1) is 9.81. The van der Waals surface area contributed by atoms with Gasteiger partial charge in [0.2, 0.25) is 11.8 Å². The van der Waals surface area contributed by atoms with Crippen LogP contribution in [0.5, 0.6) is 0 Å². The number of carbonyl (C=O) groups excluding carboxylic acids is 2. The molecule has 0 fully saturated rings. The molecule has 2 amide bonds. The Bertz CT molecular complexity index is 505. The number of nitrogens with one attached hydrogen (secondary N) is 1. The normalized spacial score (nSPS) is 13.8. The van der Waals surface area contributed by atoms with Gasteiger partial charge in [0.05, 0.1) is 0 Å². The molecule has 0 saturated carbocycles. The molecule has 0 aromatic heterocycles. The molecule has 21 heavy (non-hydrogen) atoms. The lowest BCUT2D eigenvalue weighted by molar-refractivity contribution is -0.133. The molecule has 116 valence electrons. The van der Waals surface area contributed by atoms with Crippen LogP contribution in [0.15, 0.2) is 24.3 Å². The molecule has 0 aliphatic heterocycles. The first-order valence-corrected chi connectivity index (χ1v) is 6.82. The van der Waals surface area contributed by atoms with Crippen LogP contribution in [0.3, 0.4) is 0 Å². The highest BCUT2D eigenvalue weighted by molar-refractivity contribution is 5.88. The van der Waals surface area contributed by atoms with Crippen molar-refractivity contribution in [2.45, 2.75) is 38.8 Å². The molecule has 0 unspecified atom stereocenters. The molecule has 1 rings (SSSR count). The molecule has 1 aromatic rings. The number of amides is 2. The Morgan fingerprint density at radius 1 is 1.33 bits per heavy atom. The van der Waals surface area contributed by atoms with E-state index in [1.807, 2.05) is 13.8 Å². The van der Waals surface area contributed by atoms with E-state index in [2.05, 4.69) is 5.32 Å². The van der Waals surface area contributed by atoms with Crippen LogP contribution in [0.4, 0.5) is 4.39 Å². The van der Waals surface area contributed by atoms with Crippen LogP contribution in [-0.4, -0.2) is 29.1 Å². The Balaban J connectivity index is 2.73. The van der Waals surface area contributed by atoms with Crippen LogP contribution in [0.2, 0.25) is 0 Å². The molecule has 0 aliphatic carbocycles. The Labute approximate surface area is 123 Å². The summed E-state index contributed by atoms with van der Waals surface area (Å²) in [6.07, 6.45) is -0.994. The number of carbonyl (C=O) groups is 2. The van der Waals surface area contributed by atoms with Gasteiger partial charge in [0, 0.05) is 6.42 Å². The highest BCUT2D eigenvalue weighted by Gasteiger charge is 2.24. The molecule has 1 aromatic carbocycles. The summed E-state index contributed by atoms with van der Waals surface area (Å²) < 4.78 is 13.6. The van der Waals surface area contributed by atoms with Gasteiger partial charge in [0.25, 0.3) is 0 Å². The zero-order valence-electron chi connectivity index (χ0n) is 12.2. The summed E-state index contributed by atoms with van der Waals surface area (Å²) in [6.45, 7) is 3.73. The number of halogens is 1. The number of nitrogens with two attached hydrogens (primary N) is 1. The Morgan fingerprint density at radius 3 is 2.48 bits per heavy atom. The van der Waals surface area contributed by atoms with Crippen molar-refractivity contribution < 1.29 is 19.1 Å². The quantitative estimate of drug-likeness (QED) is 0.693. The third kappa shape index (κ3) is 5.51. The number of primary amides is 1. The van der Waals surface area contributed by atoms with Crippen molar-refractivity contribution >= 4 is 11.8 Å². The fourth-order valence-electron chi connectivity index (χ4n) is 1.93. The smallest absolute Gasteiger partial charge is 0.249 e. The number of aliphatic hydroxyl groups excluding tert-OH is 1. The van der Waals surface area contributed by atoms with Gasteiger partial charge in [-0.05, 0) is 24.0 Å². The molecule has 0 heterocycles. The molecule has 0 bridgehead atoms. The largest absolute Gasteiger partial charge is 0.383 e. The minimum absolute atomic E-state index is 0.0534. The molecule has 6 heteroatoms. The summed E-state index contributed by atoms with van der Waals surface area (Å²) in [5.41, 5.74) is 5.50. The molecular weight excluding hydrogens is 275 g/mol. The van der Waals surface area contributed by atoms with Crippen LogP contribution in [0, 0.1) is 11.7 Å². The van der Waals surface area contributed by atoms with E-state index in [0.717, 1.165) is 0 Å². The summed E-state index contributed by atoms with van der Waals surface area (Å²) in [5.74, 6) is -1.79. The van der Waals surface area contributed by atoms with Gasteiger partial charge in [-0.15, -0.1) is 0 Å². The highest BCUT2D eigenvalue weighted by atomic mass is 19.1. The lowest BCUT2D eigenvalue weighted by Gasteiger charge is -2.19. The van der Waals surface area contributed by atoms with Crippen LogP contribution >= 0.6 is 0 Å². The lowest BCUT2D eigenvalue weighted by atomic mass is 10.0. The predicted molar refractivity (Wildman–Crippen MR) is 76.7 cm³/mol. The van der Waals surface area contributed by atoms with Gasteiger partial charge in [0.15, 0.2) is 0 Å². The second-order valence-electron chi connectivity index (χ2n) is 5.40. The molecule has 5 nitrogen and oxygen atoms in total. The van der Waals surface area contributed by atoms with Gasteiger partial charge in [0.1, 0.15) is 18.0 Å². The van der Waals surface area contributed by atoms with E-state index in [1.54, 1.807) is 6.07 Å². The van der Waals surface area contributed by atoms with E-state index in [4.69, 9.17) is 5.73 Å². The van der Waals surface area contributed by atoms with E-state index < -0.39 is 29.8 Å². The van der Waals surface area contributed by atoms with E-state index in [1.165, 1.54) is 18.2 Å². The third-order valence-corrected chi connectivity index (χ3v) is 3.04. The number of rotatable bonds is 7. The van der Waals surface area contributed by atoms with Crippen molar-refractivity contribution in [3.63, 3.8) is 0 Å². The monoisotopic (exact) mass is 296 g/mol. The van der Waals surface area contributed by atoms with Crippen LogP contribution in [-0.2, 0) is 16.0 Å². The fraction of sp³-hybridized carbons (Fsp3) is 0.467. The molecule has 0 radical (unpaired) electrons. The maximum absolute atomic E-state index is 13.6. The van der Waals surface area contributed by atoms with Crippen molar-refractivity contribution in [1.29, 1.82) is 0 Å². The van der Waals surface area contributed by atoms with Crippen molar-refractivity contribution in [2.24, 2.45) is 11.7 Å². The number of aliphatic hydroxyl groups is 1. The Kier molecular flexibility index (Phi) is 6.30. The highest BCUT2D eigenvalue weighted by Crippen LogP contribution is 2.10. The average Bonchev–Trinajstić information content (AvgIpc) is 2.39. The van der Waals surface area contributed by atoms with Crippen molar-refractivity contribution in [2.75, 3.05) is 0 Å². The Morgan fingerprint density at radius 2 is 1.95 bits per heavy atom. The maximum Gasteiger partial charge on any atom is 0.249 e. The standard InChI is InChI=1S/C15H21FN2O3/c1-9(2)7-13(19)15(21)18-12(14(17)20)8-10-5-3-4-6-11(10)16/h3-6,9,12-13,19H,7-8H2,1-2H3,(H2,17,20)(H,18,21)/t12-,13-/m1/s1. The second kappa shape index (κ2) is 7.73. The molecule has 0 aliphatic rings. The van der Waals surface area contributed by atoms with Gasteiger partial charge in [-0.1, -0.05) is 32.0 Å². The SMILES string of the molecule is CC(C)C[C@@H](O)C(=O)N[C@H](Cc1ccccc1F)C(N)=O. The number of hydrogen-bond acceptors (Lipinski definition) is 3. The van der Waals surface area contributed by atoms with Gasteiger partial charge in [-0.25, -0.2) is 4.39 Å². The van der Waals surface area contributed by atoms with Crippen molar-refractivity contribution in [3.8, 4) is 0 Å². The zero-order valence-corrected chi connectivity index (χ0v) is 12.2. The van der Waals surface area contributed by atoms with Gasteiger partial charge >= 0.3 is 0 Å². The third-order valence-electron chi connectivity index (χ3n) is 3.04. The van der Waals surface area contributed by atoms with Gasteiger partial charge in [-0.2, -0.15) is 0 Å². The van der Waals surface area contributed by atoms with Crippen LogP contribution in [0.25, 0.3) is 0 Å². The molecule has 4 N–H and O–H groups in total. The second-order valence-corrected chi connectivity index (χ2v) is 5.40. The van der Waals surface area contributed by atoms with E-state index in [0.29, 0.717) is 0 Å². The minimum atomic E-state index is -1.22. The van der Waals surface area contributed by atoms with E-state index in [9.17, 15) is 19.1 Å². The van der Waals surface area contributed by atoms with Crippen LogP contribution < -0.4 is 11.1 Å². The number of benzene rings is 1. The molecule has 2 atom stereocenters. The summed E-state index contributed by atoms with van der Waals surface area (Å²) in [7, 11) is 0. The topological polar surface area (TPSA) is 92.4 Å². The van der Waals surface area contributed by atoms with Gasteiger partial charge in [-0.3, -0.25) is 9.59 Å². The summed E-state index contributed by atoms with van der Waals surface area (Å²) >= 11 is 0. The van der Waals surface area contributed by atoms with E-state index >= 15 is 0 Å². The number of hydrogen-bond donors (Lipinski definition) is 3. The minimum Gasteiger partial charge on any atom is -0.383 e. The molecule has 0 spiro atoms. The van der Waals surface area contributed by atoms with Crippen molar-refractivity contribution in [1.82, 2.24) is 5.32 Å².